The summed E-state index contributed by atoms with van der Waals surface area (Å²) in [6, 6.07) is 1.80. The van der Waals surface area contributed by atoms with Gasteiger partial charge in [-0.1, -0.05) is 19.3 Å². The molecule has 6 nitrogen and oxygen atoms in total. The van der Waals surface area contributed by atoms with Crippen molar-refractivity contribution >= 4 is 17.2 Å². The SMILES string of the molecule is Cc1cc(C)n(CC(=O)NCCc2nc(C3CCCCC3)cs2)c(=O)n1. The van der Waals surface area contributed by atoms with Gasteiger partial charge in [0.2, 0.25) is 5.91 Å². The van der Waals surface area contributed by atoms with Crippen molar-refractivity contribution < 1.29 is 4.79 Å². The second-order valence-corrected chi connectivity index (χ2v) is 7.95. The Bertz CT molecular complexity index is 821. The molecule has 2 aromatic rings. The fraction of sp³-hybridized carbons (Fsp3) is 0.579. The van der Waals surface area contributed by atoms with Crippen molar-refractivity contribution in [2.75, 3.05) is 6.54 Å². The van der Waals surface area contributed by atoms with E-state index in [1.54, 1.807) is 24.3 Å². The zero-order valence-corrected chi connectivity index (χ0v) is 16.3. The highest BCUT2D eigenvalue weighted by atomic mass is 32.1. The Morgan fingerprint density at radius 3 is 2.77 bits per heavy atom. The first kappa shape index (κ1) is 18.8. The van der Waals surface area contributed by atoms with Crippen LogP contribution in [-0.4, -0.2) is 27.0 Å². The zero-order chi connectivity index (χ0) is 18.5. The van der Waals surface area contributed by atoms with Gasteiger partial charge < -0.3 is 5.32 Å². The van der Waals surface area contributed by atoms with Gasteiger partial charge in [-0.15, -0.1) is 11.3 Å². The number of nitrogens with zero attached hydrogens (tertiary/aromatic N) is 3. The first-order chi connectivity index (χ1) is 12.5. The Morgan fingerprint density at radius 1 is 1.27 bits per heavy atom. The van der Waals surface area contributed by atoms with Gasteiger partial charge in [-0.05, 0) is 32.8 Å². The fourth-order valence-electron chi connectivity index (χ4n) is 3.50. The number of aryl methyl sites for hydroxylation is 2. The molecule has 3 rings (SSSR count). The number of aromatic nitrogens is 3. The van der Waals surface area contributed by atoms with Gasteiger partial charge in [-0.2, -0.15) is 4.98 Å². The van der Waals surface area contributed by atoms with Gasteiger partial charge in [0.25, 0.3) is 0 Å². The summed E-state index contributed by atoms with van der Waals surface area (Å²) < 4.78 is 1.40. The van der Waals surface area contributed by atoms with Gasteiger partial charge >= 0.3 is 5.69 Å². The maximum absolute atomic E-state index is 12.1. The van der Waals surface area contributed by atoms with Gasteiger partial charge in [-0.3, -0.25) is 9.36 Å². The van der Waals surface area contributed by atoms with Crippen LogP contribution in [0.2, 0.25) is 0 Å². The summed E-state index contributed by atoms with van der Waals surface area (Å²) in [5.74, 6) is 0.442. The molecule has 1 saturated carbocycles. The monoisotopic (exact) mass is 374 g/mol. The highest BCUT2D eigenvalue weighted by Crippen LogP contribution is 2.33. The number of hydrogen-bond acceptors (Lipinski definition) is 5. The molecular weight excluding hydrogens is 348 g/mol. The van der Waals surface area contributed by atoms with E-state index in [9.17, 15) is 9.59 Å². The van der Waals surface area contributed by atoms with Crippen molar-refractivity contribution in [1.82, 2.24) is 19.9 Å². The van der Waals surface area contributed by atoms with Gasteiger partial charge in [0.1, 0.15) is 6.54 Å². The second kappa shape index (κ2) is 8.58. The Morgan fingerprint density at radius 2 is 2.04 bits per heavy atom. The summed E-state index contributed by atoms with van der Waals surface area (Å²) in [6.07, 6.45) is 7.18. The van der Waals surface area contributed by atoms with Crippen LogP contribution in [0.4, 0.5) is 0 Å². The van der Waals surface area contributed by atoms with E-state index in [-0.39, 0.29) is 18.1 Å². The molecule has 0 saturated heterocycles. The number of hydrogen-bond donors (Lipinski definition) is 1. The summed E-state index contributed by atoms with van der Waals surface area (Å²) in [7, 11) is 0. The van der Waals surface area contributed by atoms with Crippen LogP contribution in [0, 0.1) is 13.8 Å². The average molecular weight is 375 g/mol. The number of nitrogens with one attached hydrogen (secondary N) is 1. The van der Waals surface area contributed by atoms with Crippen molar-refractivity contribution in [3.05, 3.63) is 44.0 Å². The lowest BCUT2D eigenvalue weighted by Gasteiger charge is -2.19. The quantitative estimate of drug-likeness (QED) is 0.843. The van der Waals surface area contributed by atoms with E-state index in [1.807, 2.05) is 6.92 Å². The van der Waals surface area contributed by atoms with Crippen molar-refractivity contribution in [2.45, 2.75) is 64.8 Å². The van der Waals surface area contributed by atoms with Crippen molar-refractivity contribution in [2.24, 2.45) is 0 Å². The maximum Gasteiger partial charge on any atom is 0.348 e. The Kier molecular flexibility index (Phi) is 6.19. The molecule has 140 valence electrons. The third kappa shape index (κ3) is 4.78. The van der Waals surface area contributed by atoms with E-state index in [1.165, 1.54) is 42.4 Å². The lowest BCUT2D eigenvalue weighted by Crippen LogP contribution is -2.35. The summed E-state index contributed by atoms with van der Waals surface area (Å²) in [4.78, 5) is 32.7. The lowest BCUT2D eigenvalue weighted by atomic mass is 9.87. The van der Waals surface area contributed by atoms with Crippen molar-refractivity contribution in [1.29, 1.82) is 0 Å². The normalized spacial score (nSPS) is 15.2. The van der Waals surface area contributed by atoms with E-state index in [0.717, 1.165) is 17.1 Å². The molecule has 0 spiro atoms. The third-order valence-corrected chi connectivity index (χ3v) is 5.83. The predicted octanol–water partition coefficient (Wildman–Crippen LogP) is 2.72. The van der Waals surface area contributed by atoms with E-state index in [0.29, 0.717) is 18.2 Å². The largest absolute Gasteiger partial charge is 0.354 e. The third-order valence-electron chi connectivity index (χ3n) is 4.90. The highest BCUT2D eigenvalue weighted by Gasteiger charge is 2.18. The average Bonchev–Trinajstić information content (AvgIpc) is 3.08. The molecule has 1 aliphatic carbocycles. The van der Waals surface area contributed by atoms with E-state index >= 15 is 0 Å². The van der Waals surface area contributed by atoms with Gasteiger partial charge in [0.15, 0.2) is 0 Å². The molecule has 2 heterocycles. The minimum absolute atomic E-state index is 0.00311. The summed E-state index contributed by atoms with van der Waals surface area (Å²) in [5.41, 5.74) is 2.26. The van der Waals surface area contributed by atoms with Crippen LogP contribution in [0.15, 0.2) is 16.2 Å². The van der Waals surface area contributed by atoms with E-state index < -0.39 is 0 Å². The number of amides is 1. The van der Waals surface area contributed by atoms with Gasteiger partial charge in [0, 0.05) is 35.7 Å². The molecule has 2 aromatic heterocycles. The standard InChI is InChI=1S/C19H26N4O2S/c1-13-10-14(2)23(19(25)21-13)11-17(24)20-9-8-18-22-16(12-26-18)15-6-4-3-5-7-15/h10,12,15H,3-9,11H2,1-2H3,(H,20,24). The topological polar surface area (TPSA) is 76.9 Å². The molecular formula is C19H26N4O2S. The van der Waals surface area contributed by atoms with Crippen molar-refractivity contribution in [3.8, 4) is 0 Å². The number of rotatable bonds is 6. The minimum Gasteiger partial charge on any atom is -0.354 e. The Labute approximate surface area is 157 Å². The van der Waals surface area contributed by atoms with Crippen LogP contribution < -0.4 is 11.0 Å². The van der Waals surface area contributed by atoms with E-state index in [2.05, 4.69) is 15.7 Å². The molecule has 0 radical (unpaired) electrons. The highest BCUT2D eigenvalue weighted by molar-refractivity contribution is 7.09. The smallest absolute Gasteiger partial charge is 0.348 e. The first-order valence-electron chi connectivity index (χ1n) is 9.29. The summed E-state index contributed by atoms with van der Waals surface area (Å²) in [6.45, 7) is 4.12. The molecule has 0 unspecified atom stereocenters. The van der Waals surface area contributed by atoms with Crippen LogP contribution in [0.1, 0.15) is 60.1 Å². The molecule has 0 bridgehead atoms. The predicted molar refractivity (Wildman–Crippen MR) is 103 cm³/mol. The van der Waals surface area contributed by atoms with E-state index in [4.69, 9.17) is 4.98 Å². The fourth-order valence-corrected chi connectivity index (χ4v) is 4.38. The Hall–Kier alpha value is -2.02. The molecule has 1 N–H and O–H groups in total. The summed E-state index contributed by atoms with van der Waals surface area (Å²) in [5, 5.41) is 6.12. The van der Waals surface area contributed by atoms with Crippen LogP contribution >= 0.6 is 11.3 Å². The molecule has 1 fully saturated rings. The molecule has 0 aromatic carbocycles. The van der Waals surface area contributed by atoms with Gasteiger partial charge in [-0.25, -0.2) is 9.78 Å². The molecule has 0 aliphatic heterocycles. The number of thiazole rings is 1. The van der Waals surface area contributed by atoms with Crippen LogP contribution in [0.5, 0.6) is 0 Å². The molecule has 1 aliphatic rings. The summed E-state index contributed by atoms with van der Waals surface area (Å²) >= 11 is 1.68. The molecule has 0 atom stereocenters. The molecule has 7 heteroatoms. The maximum atomic E-state index is 12.1. The molecule has 26 heavy (non-hydrogen) atoms. The van der Waals surface area contributed by atoms with Crippen LogP contribution in [0.3, 0.4) is 0 Å². The minimum atomic E-state index is -0.380. The first-order valence-corrected chi connectivity index (χ1v) is 10.2. The lowest BCUT2D eigenvalue weighted by molar-refractivity contribution is -0.121. The number of carbonyl (C=O) groups excluding carboxylic acids is 1. The Balaban J connectivity index is 1.48. The van der Waals surface area contributed by atoms with Gasteiger partial charge in [0.05, 0.1) is 10.7 Å². The second-order valence-electron chi connectivity index (χ2n) is 7.01. The zero-order valence-electron chi connectivity index (χ0n) is 15.5. The van der Waals surface area contributed by atoms with Crippen LogP contribution in [-0.2, 0) is 17.8 Å². The number of carbonyl (C=O) groups is 1. The van der Waals surface area contributed by atoms with Crippen molar-refractivity contribution in [3.63, 3.8) is 0 Å². The molecule has 1 amide bonds. The van der Waals surface area contributed by atoms with Crippen LogP contribution in [0.25, 0.3) is 0 Å².